The summed E-state index contributed by atoms with van der Waals surface area (Å²) >= 11 is 5.99. The van der Waals surface area contributed by atoms with Crippen LogP contribution in [0.3, 0.4) is 0 Å². The maximum absolute atomic E-state index is 10.7. The molecule has 1 N–H and O–H groups in total. The molecule has 3 rings (SSSR count). The number of benzene rings is 1. The Kier molecular flexibility index (Phi) is 8.22. The lowest BCUT2D eigenvalue weighted by Gasteiger charge is -2.34. The van der Waals surface area contributed by atoms with Crippen LogP contribution in [0.1, 0.15) is 18.4 Å². The number of carbonyl (C=O) groups is 1. The van der Waals surface area contributed by atoms with Crippen LogP contribution < -0.4 is 9.64 Å². The molecule has 0 aliphatic carbocycles. The second-order valence-electron chi connectivity index (χ2n) is 6.17. The highest BCUT2D eigenvalue weighted by molar-refractivity contribution is 7.59. The predicted molar refractivity (Wildman–Crippen MR) is 109 cm³/mol. The van der Waals surface area contributed by atoms with E-state index in [2.05, 4.69) is 9.88 Å². The van der Waals surface area contributed by atoms with Crippen LogP contribution in [0.25, 0.3) is 0 Å². The van der Waals surface area contributed by atoms with E-state index in [1.807, 2.05) is 30.3 Å². The fourth-order valence-electron chi connectivity index (χ4n) is 2.87. The first-order valence-electron chi connectivity index (χ1n) is 8.51. The van der Waals surface area contributed by atoms with Crippen molar-refractivity contribution in [2.24, 2.45) is 0 Å². The molecule has 1 atom stereocenters. The summed E-state index contributed by atoms with van der Waals surface area (Å²) in [5, 5.41) is 9.51. The molecule has 27 heavy (non-hydrogen) atoms. The number of nitrogens with zero attached hydrogens (tertiary/aromatic N) is 2. The summed E-state index contributed by atoms with van der Waals surface area (Å²) < 4.78 is 11.5. The van der Waals surface area contributed by atoms with Gasteiger partial charge in [-0.05, 0) is 24.1 Å². The summed E-state index contributed by atoms with van der Waals surface area (Å²) in [7, 11) is 0. The number of pyridine rings is 1. The van der Waals surface area contributed by atoms with E-state index in [1.165, 1.54) is 0 Å². The van der Waals surface area contributed by atoms with Crippen LogP contribution in [-0.4, -0.2) is 41.9 Å². The van der Waals surface area contributed by atoms with E-state index in [9.17, 15) is 4.79 Å². The Morgan fingerprint density at radius 2 is 2.22 bits per heavy atom. The lowest BCUT2D eigenvalue weighted by atomic mass is 10.1. The Morgan fingerprint density at radius 3 is 3.00 bits per heavy atom. The Labute approximate surface area is 170 Å². The van der Waals surface area contributed by atoms with Crippen LogP contribution in [0.15, 0.2) is 42.7 Å². The van der Waals surface area contributed by atoms with Crippen LogP contribution in [0.2, 0.25) is 5.02 Å². The normalized spacial score (nSPS) is 16.5. The molecule has 0 saturated carbocycles. The predicted octanol–water partition coefficient (Wildman–Crippen LogP) is 3.50. The minimum atomic E-state index is -0.802. The van der Waals surface area contributed by atoms with Crippen LogP contribution >= 0.6 is 25.1 Å². The first-order valence-corrected chi connectivity index (χ1v) is 8.88. The van der Waals surface area contributed by atoms with Gasteiger partial charge in [-0.25, -0.2) is 0 Å². The Morgan fingerprint density at radius 1 is 1.37 bits per heavy atom. The molecule has 1 aromatic heterocycles. The van der Waals surface area contributed by atoms with Gasteiger partial charge in [0, 0.05) is 30.6 Å². The number of carboxylic acids is 1. The molecule has 1 saturated heterocycles. The van der Waals surface area contributed by atoms with Crippen molar-refractivity contribution in [2.75, 3.05) is 24.6 Å². The number of hydrogen-bond donors (Lipinski definition) is 1. The standard InChI is InChI=1S/C19H21ClN2O4.H2S/c20-15-3-1-2-14(8-15)13-26-18-9-16(10-21-11-18)22-6-7-25-17(12-22)4-5-19(23)24;/h1-3,8-11,17H,4-7,12-13H2,(H,23,24);1H2/t17-;/m0./s1. The molecular weight excluding hydrogens is 388 g/mol. The van der Waals surface area contributed by atoms with Gasteiger partial charge in [-0.15, -0.1) is 0 Å². The monoisotopic (exact) mass is 410 g/mol. The third-order valence-electron chi connectivity index (χ3n) is 4.18. The Bertz CT molecular complexity index is 762. The lowest BCUT2D eigenvalue weighted by Crippen LogP contribution is -2.42. The van der Waals surface area contributed by atoms with Crippen molar-refractivity contribution < 1.29 is 19.4 Å². The van der Waals surface area contributed by atoms with Crippen LogP contribution in [0.5, 0.6) is 5.75 Å². The molecule has 0 bridgehead atoms. The van der Waals surface area contributed by atoms with Crippen molar-refractivity contribution in [3.63, 3.8) is 0 Å². The van der Waals surface area contributed by atoms with Crippen molar-refractivity contribution >= 4 is 36.8 Å². The molecule has 2 heterocycles. The third kappa shape index (κ3) is 6.61. The fourth-order valence-corrected chi connectivity index (χ4v) is 3.08. The molecule has 1 aromatic carbocycles. The zero-order valence-electron chi connectivity index (χ0n) is 14.8. The zero-order valence-corrected chi connectivity index (χ0v) is 16.6. The average molecular weight is 411 g/mol. The maximum atomic E-state index is 10.7. The summed E-state index contributed by atoms with van der Waals surface area (Å²) in [5.74, 6) is -0.125. The molecule has 1 aliphatic heterocycles. The molecule has 0 radical (unpaired) electrons. The van der Waals surface area contributed by atoms with E-state index in [4.69, 9.17) is 26.2 Å². The highest BCUT2D eigenvalue weighted by Crippen LogP contribution is 2.23. The van der Waals surface area contributed by atoms with Crippen LogP contribution in [0.4, 0.5) is 5.69 Å². The van der Waals surface area contributed by atoms with Gasteiger partial charge in [0.25, 0.3) is 0 Å². The van der Waals surface area contributed by atoms with Crippen molar-refractivity contribution in [1.82, 2.24) is 4.98 Å². The minimum Gasteiger partial charge on any atom is -0.487 e. The average Bonchev–Trinajstić information content (AvgIpc) is 2.65. The zero-order chi connectivity index (χ0) is 18.4. The van der Waals surface area contributed by atoms with Crippen LogP contribution in [-0.2, 0) is 16.1 Å². The number of halogens is 1. The van der Waals surface area contributed by atoms with Crippen molar-refractivity contribution in [1.29, 1.82) is 0 Å². The first-order chi connectivity index (χ1) is 12.6. The molecule has 6 nitrogen and oxygen atoms in total. The highest BCUT2D eigenvalue weighted by Gasteiger charge is 2.22. The summed E-state index contributed by atoms with van der Waals surface area (Å²) in [6, 6.07) is 9.48. The number of rotatable bonds is 7. The van der Waals surface area contributed by atoms with Gasteiger partial charge in [-0.2, -0.15) is 13.5 Å². The van der Waals surface area contributed by atoms with Gasteiger partial charge >= 0.3 is 5.97 Å². The summed E-state index contributed by atoms with van der Waals surface area (Å²) in [6.07, 6.45) is 3.99. The van der Waals surface area contributed by atoms with E-state index in [0.717, 1.165) is 17.8 Å². The lowest BCUT2D eigenvalue weighted by molar-refractivity contribution is -0.137. The van der Waals surface area contributed by atoms with Gasteiger partial charge in [0.2, 0.25) is 0 Å². The minimum absolute atomic E-state index is 0. The number of morpholine rings is 1. The first kappa shape index (κ1) is 21.3. The van der Waals surface area contributed by atoms with Gasteiger partial charge in [0.1, 0.15) is 12.4 Å². The molecule has 1 aliphatic rings. The van der Waals surface area contributed by atoms with Crippen molar-refractivity contribution in [2.45, 2.75) is 25.6 Å². The summed E-state index contributed by atoms with van der Waals surface area (Å²) in [5.41, 5.74) is 1.93. The van der Waals surface area contributed by atoms with Crippen molar-refractivity contribution in [3.05, 3.63) is 53.3 Å². The highest BCUT2D eigenvalue weighted by atomic mass is 35.5. The molecule has 0 spiro atoms. The van der Waals surface area contributed by atoms with Gasteiger partial charge < -0.3 is 19.5 Å². The Hall–Kier alpha value is -1.96. The number of hydrogen-bond acceptors (Lipinski definition) is 5. The molecule has 8 heteroatoms. The quantitative estimate of drug-likeness (QED) is 0.753. The number of anilines is 1. The smallest absolute Gasteiger partial charge is 0.303 e. The van der Waals surface area contributed by atoms with Gasteiger partial charge in [-0.1, -0.05) is 23.7 Å². The second-order valence-corrected chi connectivity index (χ2v) is 6.61. The van der Waals surface area contributed by atoms with E-state index >= 15 is 0 Å². The molecular formula is C19H23ClN2O4S. The number of aliphatic carboxylic acids is 1. The molecule has 0 amide bonds. The molecule has 2 aromatic rings. The molecule has 0 unspecified atom stereocenters. The topological polar surface area (TPSA) is 71.9 Å². The van der Waals surface area contributed by atoms with Gasteiger partial charge in [-0.3, -0.25) is 9.78 Å². The Balaban J connectivity index is 0.00000261. The van der Waals surface area contributed by atoms with Gasteiger partial charge in [0.05, 0.1) is 30.8 Å². The summed E-state index contributed by atoms with van der Waals surface area (Å²) in [4.78, 5) is 17.2. The van der Waals surface area contributed by atoms with Gasteiger partial charge in [0.15, 0.2) is 0 Å². The number of aromatic nitrogens is 1. The van der Waals surface area contributed by atoms with E-state index in [-0.39, 0.29) is 26.0 Å². The number of carboxylic acid groups (broad SMARTS) is 1. The van der Waals surface area contributed by atoms with E-state index < -0.39 is 5.97 Å². The number of ether oxygens (including phenoxy) is 2. The fraction of sp³-hybridized carbons (Fsp3) is 0.368. The summed E-state index contributed by atoms with van der Waals surface area (Å²) in [6.45, 7) is 2.36. The van der Waals surface area contributed by atoms with E-state index in [1.54, 1.807) is 12.4 Å². The third-order valence-corrected chi connectivity index (χ3v) is 4.41. The van der Waals surface area contributed by atoms with E-state index in [0.29, 0.717) is 37.0 Å². The SMILES string of the molecule is O=C(O)CC[C@H]1CN(c2cncc(OCc3cccc(Cl)c3)c2)CCO1.S. The largest absolute Gasteiger partial charge is 0.487 e. The second kappa shape index (κ2) is 10.4. The molecule has 146 valence electrons. The molecule has 1 fully saturated rings. The van der Waals surface area contributed by atoms with Crippen molar-refractivity contribution in [3.8, 4) is 5.75 Å². The maximum Gasteiger partial charge on any atom is 0.303 e. The van der Waals surface area contributed by atoms with Crippen LogP contribution in [0, 0.1) is 0 Å².